The number of nitrogens with zero attached hydrogens (tertiary/aromatic N) is 1. The zero-order valence-electron chi connectivity index (χ0n) is 11.8. The van der Waals surface area contributed by atoms with E-state index < -0.39 is 0 Å². The Kier molecular flexibility index (Phi) is 5.21. The number of hydrogen-bond acceptors (Lipinski definition) is 2. The quantitative estimate of drug-likeness (QED) is 0.829. The summed E-state index contributed by atoms with van der Waals surface area (Å²) in [6, 6.07) is 9.63. The Bertz CT molecular complexity index is 356. The van der Waals surface area contributed by atoms with Crippen molar-refractivity contribution in [1.82, 2.24) is 10.2 Å². The summed E-state index contributed by atoms with van der Waals surface area (Å²) >= 11 is 0. The molecule has 1 fully saturated rings. The molecule has 1 aliphatic rings. The maximum atomic E-state index is 3.43. The summed E-state index contributed by atoms with van der Waals surface area (Å²) < 4.78 is 0. The molecule has 0 radical (unpaired) electrons. The van der Waals surface area contributed by atoms with Gasteiger partial charge in [0.2, 0.25) is 0 Å². The summed E-state index contributed by atoms with van der Waals surface area (Å²) in [6.07, 6.45) is 5.58. The normalized spacial score (nSPS) is 16.6. The molecule has 0 bridgehead atoms. The molecular weight excluding hydrogens is 220 g/mol. The van der Waals surface area contributed by atoms with Crippen LogP contribution >= 0.6 is 0 Å². The van der Waals surface area contributed by atoms with E-state index in [9.17, 15) is 0 Å². The maximum absolute atomic E-state index is 3.43. The third kappa shape index (κ3) is 3.56. The van der Waals surface area contributed by atoms with Crippen molar-refractivity contribution in [3.8, 4) is 0 Å². The number of hydrogen-bond donors (Lipinski definition) is 1. The van der Waals surface area contributed by atoms with Gasteiger partial charge in [-0.3, -0.25) is 4.90 Å². The zero-order valence-corrected chi connectivity index (χ0v) is 11.8. The van der Waals surface area contributed by atoms with Gasteiger partial charge >= 0.3 is 0 Å². The summed E-state index contributed by atoms with van der Waals surface area (Å²) in [4.78, 5) is 2.54. The van der Waals surface area contributed by atoms with Gasteiger partial charge in [0.15, 0.2) is 0 Å². The largest absolute Gasteiger partial charge is 0.313 e. The topological polar surface area (TPSA) is 15.3 Å². The minimum Gasteiger partial charge on any atom is -0.313 e. The second-order valence-electron chi connectivity index (χ2n) is 5.40. The highest BCUT2D eigenvalue weighted by atomic mass is 15.1. The minimum atomic E-state index is 0.803. The number of rotatable bonds is 6. The molecule has 1 saturated carbocycles. The predicted molar refractivity (Wildman–Crippen MR) is 77.5 cm³/mol. The van der Waals surface area contributed by atoms with Gasteiger partial charge in [0.25, 0.3) is 0 Å². The molecule has 1 aromatic carbocycles. The van der Waals surface area contributed by atoms with Crippen molar-refractivity contribution >= 4 is 0 Å². The van der Waals surface area contributed by atoms with Gasteiger partial charge in [0.05, 0.1) is 0 Å². The molecule has 100 valence electrons. The molecule has 2 heteroatoms. The van der Waals surface area contributed by atoms with Crippen molar-refractivity contribution in [3.63, 3.8) is 0 Å². The maximum Gasteiger partial charge on any atom is 0.0236 e. The average Bonchev–Trinajstić information content (AvgIpc) is 2.91. The summed E-state index contributed by atoms with van der Waals surface area (Å²) in [6.45, 7) is 5.28. The SMILES string of the molecule is CCNCc1ccccc1CN(C)C1CCCC1. The van der Waals surface area contributed by atoms with Crippen LogP contribution in [0, 0.1) is 0 Å². The van der Waals surface area contributed by atoms with Crippen molar-refractivity contribution in [2.45, 2.75) is 51.7 Å². The summed E-state index contributed by atoms with van der Waals surface area (Å²) in [5, 5.41) is 3.43. The molecule has 0 heterocycles. The first-order chi connectivity index (χ1) is 8.81. The van der Waals surface area contributed by atoms with Crippen LogP contribution in [0.2, 0.25) is 0 Å². The molecule has 1 aliphatic carbocycles. The van der Waals surface area contributed by atoms with Crippen molar-refractivity contribution < 1.29 is 0 Å². The Morgan fingerprint density at radius 2 is 1.83 bits per heavy atom. The second-order valence-corrected chi connectivity index (χ2v) is 5.40. The van der Waals surface area contributed by atoms with E-state index in [-0.39, 0.29) is 0 Å². The molecule has 18 heavy (non-hydrogen) atoms. The van der Waals surface area contributed by atoms with E-state index in [1.165, 1.54) is 36.8 Å². The van der Waals surface area contributed by atoms with Gasteiger partial charge in [-0.1, -0.05) is 44.0 Å². The molecule has 0 spiro atoms. The summed E-state index contributed by atoms with van der Waals surface area (Å²) in [7, 11) is 2.28. The lowest BCUT2D eigenvalue weighted by atomic mass is 10.1. The molecular formula is C16H26N2. The number of benzene rings is 1. The van der Waals surface area contributed by atoms with Crippen LogP contribution < -0.4 is 5.32 Å². The van der Waals surface area contributed by atoms with Crippen molar-refractivity contribution in [2.24, 2.45) is 0 Å². The molecule has 0 aromatic heterocycles. The molecule has 1 aromatic rings. The fraction of sp³-hybridized carbons (Fsp3) is 0.625. The first kappa shape index (κ1) is 13.6. The Labute approximate surface area is 111 Å². The monoisotopic (exact) mass is 246 g/mol. The third-order valence-electron chi connectivity index (χ3n) is 4.05. The summed E-state index contributed by atoms with van der Waals surface area (Å²) in [5.41, 5.74) is 2.93. The van der Waals surface area contributed by atoms with Gasteiger partial charge in [-0.25, -0.2) is 0 Å². The molecule has 0 aliphatic heterocycles. The standard InChI is InChI=1S/C16H26N2/c1-3-17-12-14-8-4-5-9-15(14)13-18(2)16-10-6-7-11-16/h4-5,8-9,16-17H,3,6-7,10-13H2,1-2H3. The number of nitrogens with one attached hydrogen (secondary N) is 1. The van der Waals surface area contributed by atoms with Crippen molar-refractivity contribution in [3.05, 3.63) is 35.4 Å². The molecule has 1 N–H and O–H groups in total. The average molecular weight is 246 g/mol. The predicted octanol–water partition coefficient (Wildman–Crippen LogP) is 3.17. The van der Waals surface area contributed by atoms with E-state index in [1.54, 1.807) is 0 Å². The highest BCUT2D eigenvalue weighted by molar-refractivity contribution is 5.27. The summed E-state index contributed by atoms with van der Waals surface area (Å²) in [5.74, 6) is 0. The van der Waals surface area contributed by atoms with Crippen LogP contribution in [0.1, 0.15) is 43.7 Å². The smallest absolute Gasteiger partial charge is 0.0236 e. The lowest BCUT2D eigenvalue weighted by Gasteiger charge is -2.25. The van der Waals surface area contributed by atoms with E-state index in [0.29, 0.717) is 0 Å². The molecule has 2 rings (SSSR count). The Morgan fingerprint density at radius 3 is 2.50 bits per heavy atom. The lowest BCUT2D eigenvalue weighted by Crippen LogP contribution is -2.29. The fourth-order valence-electron chi connectivity index (χ4n) is 2.89. The van der Waals surface area contributed by atoms with E-state index in [4.69, 9.17) is 0 Å². The molecule has 0 unspecified atom stereocenters. The molecule has 0 atom stereocenters. The Hall–Kier alpha value is -0.860. The van der Waals surface area contributed by atoms with Crippen LogP contribution in [-0.4, -0.2) is 24.5 Å². The second kappa shape index (κ2) is 6.91. The first-order valence-corrected chi connectivity index (χ1v) is 7.29. The highest BCUT2D eigenvalue weighted by Gasteiger charge is 2.19. The molecule has 0 saturated heterocycles. The van der Waals surface area contributed by atoms with Gasteiger partial charge in [-0.2, -0.15) is 0 Å². The van der Waals surface area contributed by atoms with Crippen LogP contribution in [0.5, 0.6) is 0 Å². The van der Waals surface area contributed by atoms with E-state index in [1.807, 2.05) is 0 Å². The van der Waals surface area contributed by atoms with E-state index >= 15 is 0 Å². The third-order valence-corrected chi connectivity index (χ3v) is 4.05. The van der Waals surface area contributed by atoms with Crippen LogP contribution in [0.25, 0.3) is 0 Å². The van der Waals surface area contributed by atoms with E-state index in [2.05, 4.69) is 48.5 Å². The zero-order chi connectivity index (χ0) is 12.8. The van der Waals surface area contributed by atoms with Gasteiger partial charge in [-0.05, 0) is 37.6 Å². The fourth-order valence-corrected chi connectivity index (χ4v) is 2.89. The van der Waals surface area contributed by atoms with Crippen LogP contribution in [0.3, 0.4) is 0 Å². The van der Waals surface area contributed by atoms with Gasteiger partial charge in [-0.15, -0.1) is 0 Å². The first-order valence-electron chi connectivity index (χ1n) is 7.29. The van der Waals surface area contributed by atoms with Gasteiger partial charge in [0, 0.05) is 19.1 Å². The van der Waals surface area contributed by atoms with Gasteiger partial charge < -0.3 is 5.32 Å². The Morgan fingerprint density at radius 1 is 1.17 bits per heavy atom. The van der Waals surface area contributed by atoms with Crippen LogP contribution in [0.4, 0.5) is 0 Å². The van der Waals surface area contributed by atoms with E-state index in [0.717, 1.165) is 25.7 Å². The Balaban J connectivity index is 1.98. The van der Waals surface area contributed by atoms with Gasteiger partial charge in [0.1, 0.15) is 0 Å². The molecule has 0 amide bonds. The van der Waals surface area contributed by atoms with Crippen molar-refractivity contribution in [2.75, 3.05) is 13.6 Å². The van der Waals surface area contributed by atoms with Crippen molar-refractivity contribution in [1.29, 1.82) is 0 Å². The minimum absolute atomic E-state index is 0.803. The lowest BCUT2D eigenvalue weighted by molar-refractivity contribution is 0.236. The van der Waals surface area contributed by atoms with Crippen LogP contribution in [-0.2, 0) is 13.1 Å². The highest BCUT2D eigenvalue weighted by Crippen LogP contribution is 2.24. The molecule has 2 nitrogen and oxygen atoms in total. The van der Waals surface area contributed by atoms with Crippen LogP contribution in [0.15, 0.2) is 24.3 Å².